The summed E-state index contributed by atoms with van der Waals surface area (Å²) in [6.45, 7) is 0.113. The summed E-state index contributed by atoms with van der Waals surface area (Å²) in [5, 5.41) is 19.6. The third kappa shape index (κ3) is 7.37. The molecule has 0 fully saturated rings. The lowest BCUT2D eigenvalue weighted by Gasteiger charge is -2.21. The van der Waals surface area contributed by atoms with Gasteiger partial charge in [0.2, 0.25) is 11.5 Å². The first-order valence-electron chi connectivity index (χ1n) is 11.1. The lowest BCUT2D eigenvalue weighted by atomic mass is 10.1. The van der Waals surface area contributed by atoms with E-state index in [2.05, 4.69) is 0 Å². The van der Waals surface area contributed by atoms with Crippen molar-refractivity contribution in [3.63, 3.8) is 0 Å². The molecule has 0 saturated heterocycles. The van der Waals surface area contributed by atoms with Gasteiger partial charge in [-0.15, -0.1) is 0 Å². The Morgan fingerprint density at radius 1 is 0.854 bits per heavy atom. The average Bonchev–Trinajstić information content (AvgIpc) is 3.62. The van der Waals surface area contributed by atoms with Crippen molar-refractivity contribution in [3.8, 4) is 0 Å². The van der Waals surface area contributed by atoms with E-state index in [4.69, 9.17) is 39.9 Å². The van der Waals surface area contributed by atoms with Crippen LogP contribution in [0.5, 0.6) is 0 Å². The zero-order chi connectivity index (χ0) is 30.3. The Hall–Kier alpha value is -5.42. The van der Waals surface area contributed by atoms with Gasteiger partial charge in [-0.1, -0.05) is 18.2 Å². The highest BCUT2D eigenvalue weighted by atomic mass is 19.4. The molecule has 0 aliphatic heterocycles. The van der Waals surface area contributed by atoms with Crippen molar-refractivity contribution in [1.29, 1.82) is 0 Å². The van der Waals surface area contributed by atoms with Crippen LogP contribution >= 0.6 is 0 Å². The quantitative estimate of drug-likeness (QED) is 0.200. The van der Waals surface area contributed by atoms with E-state index in [1.807, 2.05) is 0 Å². The molecule has 216 valence electrons. The SMILES string of the molecule is NCc1ccc(C(=O)ON(OC(=O)c2ccc(CN)o2)c2ccc([N+](=O)[O-])c3ccccc23)o1.O=C(O)C(F)(F)F. The third-order valence-corrected chi connectivity index (χ3v) is 4.97. The molecule has 14 nitrogen and oxygen atoms in total. The van der Waals surface area contributed by atoms with E-state index < -0.39 is 29.0 Å². The van der Waals surface area contributed by atoms with E-state index in [9.17, 15) is 32.9 Å². The number of furan rings is 2. The zero-order valence-electron chi connectivity index (χ0n) is 20.5. The van der Waals surface area contributed by atoms with Crippen molar-refractivity contribution in [2.45, 2.75) is 19.3 Å². The number of carbonyl (C=O) groups excluding carboxylic acids is 2. The fourth-order valence-corrected chi connectivity index (χ4v) is 3.14. The Balaban J connectivity index is 0.000000587. The van der Waals surface area contributed by atoms with Crippen molar-refractivity contribution >= 4 is 40.1 Å². The van der Waals surface area contributed by atoms with Crippen molar-refractivity contribution in [2.24, 2.45) is 11.5 Å². The molecule has 2 aromatic carbocycles. The van der Waals surface area contributed by atoms with Crippen LogP contribution in [0.25, 0.3) is 10.8 Å². The van der Waals surface area contributed by atoms with E-state index in [0.717, 1.165) is 0 Å². The minimum absolute atomic E-state index is 0.0408. The summed E-state index contributed by atoms with van der Waals surface area (Å²) in [4.78, 5) is 55.8. The molecule has 2 heterocycles. The number of nitro groups is 1. The monoisotopic (exact) mass is 580 g/mol. The molecule has 4 aromatic rings. The fourth-order valence-electron chi connectivity index (χ4n) is 3.14. The highest BCUT2D eigenvalue weighted by Gasteiger charge is 2.38. The van der Waals surface area contributed by atoms with Gasteiger partial charge in [0.25, 0.3) is 5.69 Å². The number of fused-ring (bicyclic) bond motifs is 1. The molecular formula is C24H19F3N4O10. The first-order chi connectivity index (χ1) is 19.3. The molecular weight excluding hydrogens is 561 g/mol. The van der Waals surface area contributed by atoms with Gasteiger partial charge in [-0.25, -0.2) is 14.4 Å². The van der Waals surface area contributed by atoms with Gasteiger partial charge in [-0.2, -0.15) is 13.2 Å². The number of hydrogen-bond donors (Lipinski definition) is 3. The molecule has 0 atom stereocenters. The van der Waals surface area contributed by atoms with E-state index in [1.54, 1.807) is 18.2 Å². The molecule has 0 radical (unpaired) electrons. The van der Waals surface area contributed by atoms with Crippen LogP contribution in [0.4, 0.5) is 24.5 Å². The van der Waals surface area contributed by atoms with Gasteiger partial charge >= 0.3 is 24.1 Å². The van der Waals surface area contributed by atoms with Crippen LogP contribution in [0.3, 0.4) is 0 Å². The molecule has 0 amide bonds. The van der Waals surface area contributed by atoms with E-state index in [-0.39, 0.29) is 46.8 Å². The second-order valence-corrected chi connectivity index (χ2v) is 7.66. The van der Waals surface area contributed by atoms with Crippen LogP contribution in [0.2, 0.25) is 0 Å². The van der Waals surface area contributed by atoms with Crippen LogP contribution in [0.1, 0.15) is 32.6 Å². The number of carboxylic acids is 1. The summed E-state index contributed by atoms with van der Waals surface area (Å²) >= 11 is 0. The number of halogens is 3. The van der Waals surface area contributed by atoms with Crippen molar-refractivity contribution < 1.29 is 56.1 Å². The van der Waals surface area contributed by atoms with Gasteiger partial charge in [0.1, 0.15) is 17.2 Å². The highest BCUT2D eigenvalue weighted by molar-refractivity contribution is 6.00. The summed E-state index contributed by atoms with van der Waals surface area (Å²) in [7, 11) is 0. The molecule has 0 spiro atoms. The fraction of sp³-hybridized carbons (Fsp3) is 0.125. The second-order valence-electron chi connectivity index (χ2n) is 7.66. The summed E-state index contributed by atoms with van der Waals surface area (Å²) < 4.78 is 42.3. The summed E-state index contributed by atoms with van der Waals surface area (Å²) in [5.41, 5.74) is 10.9. The zero-order valence-corrected chi connectivity index (χ0v) is 20.5. The summed E-state index contributed by atoms with van der Waals surface area (Å²) in [6.07, 6.45) is -5.08. The molecule has 17 heteroatoms. The molecule has 0 unspecified atom stereocenters. The van der Waals surface area contributed by atoms with E-state index >= 15 is 0 Å². The van der Waals surface area contributed by atoms with Gasteiger partial charge in [0.15, 0.2) is 0 Å². The summed E-state index contributed by atoms with van der Waals surface area (Å²) in [6, 6.07) is 14.4. The van der Waals surface area contributed by atoms with Crippen LogP contribution in [0, 0.1) is 10.1 Å². The number of hydrogen-bond acceptors (Lipinski definition) is 12. The number of anilines is 1. The van der Waals surface area contributed by atoms with Gasteiger partial charge in [-0.05, 0) is 41.6 Å². The average molecular weight is 580 g/mol. The Morgan fingerprint density at radius 2 is 1.32 bits per heavy atom. The Labute approximate surface area is 226 Å². The van der Waals surface area contributed by atoms with Crippen molar-refractivity contribution in [1.82, 2.24) is 0 Å². The number of rotatable bonds is 8. The maximum absolute atomic E-state index is 12.7. The highest BCUT2D eigenvalue weighted by Crippen LogP contribution is 2.34. The van der Waals surface area contributed by atoms with Gasteiger partial charge in [-0.3, -0.25) is 19.8 Å². The Kier molecular flexibility index (Phi) is 9.27. The third-order valence-electron chi connectivity index (χ3n) is 4.97. The predicted molar refractivity (Wildman–Crippen MR) is 131 cm³/mol. The van der Waals surface area contributed by atoms with Crippen LogP contribution < -0.4 is 16.7 Å². The number of nitrogens with two attached hydrogens (primary N) is 2. The molecule has 5 N–H and O–H groups in total. The maximum atomic E-state index is 12.7. The number of benzene rings is 2. The molecule has 0 aliphatic rings. The number of aliphatic carboxylic acids is 1. The van der Waals surface area contributed by atoms with Gasteiger partial charge in [0.05, 0.1) is 23.4 Å². The lowest BCUT2D eigenvalue weighted by molar-refractivity contribution is -0.383. The minimum Gasteiger partial charge on any atom is -0.475 e. The standard InChI is InChI=1S/C22H18N4O8.C2HF3O2/c23-11-13-5-9-19(31-13)21(27)33-26(34-22(28)20-10-6-14(12-24)32-20)18-8-7-17(25(29)30)15-3-1-2-4-16(15)18;3-2(4,5)1(6)7/h1-10H,11-12,23-24H2;(H,6,7). The Bertz CT molecular complexity index is 1520. The first-order valence-corrected chi connectivity index (χ1v) is 11.1. The van der Waals surface area contributed by atoms with Crippen molar-refractivity contribution in [2.75, 3.05) is 5.23 Å². The number of carboxylic acid groups (broad SMARTS) is 1. The van der Waals surface area contributed by atoms with Crippen LogP contribution in [0.15, 0.2) is 69.5 Å². The lowest BCUT2D eigenvalue weighted by Crippen LogP contribution is -2.30. The largest absolute Gasteiger partial charge is 0.490 e. The molecule has 4 rings (SSSR count). The predicted octanol–water partition coefficient (Wildman–Crippen LogP) is 3.84. The molecule has 41 heavy (non-hydrogen) atoms. The number of alkyl halides is 3. The smallest absolute Gasteiger partial charge is 0.475 e. The van der Waals surface area contributed by atoms with Gasteiger partial charge in [0, 0.05) is 11.5 Å². The molecule has 0 aliphatic carbocycles. The van der Waals surface area contributed by atoms with Crippen LogP contribution in [-0.2, 0) is 27.6 Å². The molecule has 2 aromatic heterocycles. The normalized spacial score (nSPS) is 10.9. The first kappa shape index (κ1) is 30.1. The number of nitrogens with zero attached hydrogens (tertiary/aromatic N) is 2. The Morgan fingerprint density at radius 3 is 1.71 bits per heavy atom. The number of nitro benzene ring substituents is 1. The second kappa shape index (κ2) is 12.6. The maximum Gasteiger partial charge on any atom is 0.490 e. The number of non-ortho nitro benzene ring substituents is 1. The number of carbonyl (C=O) groups is 3. The van der Waals surface area contributed by atoms with Crippen molar-refractivity contribution in [3.05, 3.63) is 93.8 Å². The summed E-state index contributed by atoms with van der Waals surface area (Å²) in [5.74, 6) is -4.49. The molecule has 0 bridgehead atoms. The van der Waals surface area contributed by atoms with E-state index in [0.29, 0.717) is 16.7 Å². The van der Waals surface area contributed by atoms with Crippen LogP contribution in [-0.4, -0.2) is 34.1 Å². The topological polar surface area (TPSA) is 215 Å². The van der Waals surface area contributed by atoms with E-state index in [1.165, 1.54) is 42.5 Å². The minimum atomic E-state index is -5.08. The van der Waals surface area contributed by atoms with Gasteiger partial charge < -0.3 is 25.4 Å². The molecule has 0 saturated carbocycles.